The predicted molar refractivity (Wildman–Crippen MR) is 73.8 cm³/mol. The maximum atomic E-state index is 8.97. The molecule has 19 heavy (non-hydrogen) atoms. The molecule has 1 aromatic carbocycles. The Morgan fingerprint density at radius 3 is 3.05 bits per heavy atom. The van der Waals surface area contributed by atoms with Crippen LogP contribution in [0.1, 0.15) is 47.7 Å². The van der Waals surface area contributed by atoms with Gasteiger partial charge in [-0.05, 0) is 49.4 Å². The van der Waals surface area contributed by atoms with E-state index in [2.05, 4.69) is 28.6 Å². The second-order valence-electron chi connectivity index (χ2n) is 5.24. The first-order chi connectivity index (χ1) is 9.29. The molecule has 1 atom stereocenters. The van der Waals surface area contributed by atoms with Gasteiger partial charge in [0.2, 0.25) is 0 Å². The van der Waals surface area contributed by atoms with E-state index in [1.165, 1.54) is 29.7 Å². The fourth-order valence-corrected chi connectivity index (χ4v) is 3.01. The molecule has 0 radical (unpaired) electrons. The van der Waals surface area contributed by atoms with E-state index in [4.69, 9.17) is 5.26 Å². The third-order valence-electron chi connectivity index (χ3n) is 4.00. The van der Waals surface area contributed by atoms with Crippen molar-refractivity contribution in [1.29, 1.82) is 5.26 Å². The molecule has 3 heteroatoms. The number of benzene rings is 1. The maximum absolute atomic E-state index is 8.97. The number of aryl methyl sites for hydroxylation is 2. The van der Waals surface area contributed by atoms with Gasteiger partial charge in [-0.25, -0.2) is 4.98 Å². The number of imidazole rings is 1. The molecular formula is C16H17N3. The van der Waals surface area contributed by atoms with Crippen LogP contribution in [0.5, 0.6) is 0 Å². The molecule has 1 aliphatic rings. The van der Waals surface area contributed by atoms with E-state index in [0.717, 1.165) is 18.4 Å². The van der Waals surface area contributed by atoms with Crippen molar-refractivity contribution in [3.05, 3.63) is 53.1 Å². The van der Waals surface area contributed by atoms with E-state index in [-0.39, 0.29) is 0 Å². The number of fused-ring (bicyclic) bond motifs is 1. The minimum Gasteiger partial charge on any atom is -0.327 e. The summed E-state index contributed by atoms with van der Waals surface area (Å²) < 4.78 is 2.31. The second kappa shape index (κ2) is 4.89. The second-order valence-corrected chi connectivity index (χ2v) is 5.24. The molecule has 0 amide bonds. The Morgan fingerprint density at radius 2 is 2.26 bits per heavy atom. The van der Waals surface area contributed by atoms with Gasteiger partial charge in [0, 0.05) is 11.9 Å². The first-order valence-corrected chi connectivity index (χ1v) is 6.81. The lowest BCUT2D eigenvalue weighted by Crippen LogP contribution is -2.11. The van der Waals surface area contributed by atoms with Crippen molar-refractivity contribution in [2.24, 2.45) is 0 Å². The standard InChI is InChI=1S/C16H17N3/c1-12-8-13(9-17)6-7-15(12)16-5-3-2-4-14-10-18-11-19(14)16/h6-8,10-11,16H,2-5H2,1H3. The van der Waals surface area contributed by atoms with E-state index in [9.17, 15) is 0 Å². The molecule has 3 nitrogen and oxygen atoms in total. The Morgan fingerprint density at radius 1 is 1.37 bits per heavy atom. The molecule has 0 saturated carbocycles. The molecule has 2 aromatic rings. The minimum absolute atomic E-state index is 0.368. The van der Waals surface area contributed by atoms with Gasteiger partial charge in [0.15, 0.2) is 0 Å². The van der Waals surface area contributed by atoms with E-state index < -0.39 is 0 Å². The van der Waals surface area contributed by atoms with E-state index >= 15 is 0 Å². The van der Waals surface area contributed by atoms with Crippen LogP contribution in [0.25, 0.3) is 0 Å². The molecule has 1 aliphatic heterocycles. The van der Waals surface area contributed by atoms with E-state index in [1.54, 1.807) is 0 Å². The highest BCUT2D eigenvalue weighted by Crippen LogP contribution is 2.31. The molecule has 1 unspecified atom stereocenters. The average molecular weight is 251 g/mol. The molecule has 0 aliphatic carbocycles. The smallest absolute Gasteiger partial charge is 0.0991 e. The normalized spacial score (nSPS) is 18.4. The van der Waals surface area contributed by atoms with Crippen LogP contribution in [0.4, 0.5) is 0 Å². The first kappa shape index (κ1) is 12.0. The summed E-state index contributed by atoms with van der Waals surface area (Å²) in [7, 11) is 0. The van der Waals surface area contributed by atoms with Crippen LogP contribution < -0.4 is 0 Å². The van der Waals surface area contributed by atoms with Crippen molar-refractivity contribution in [3.63, 3.8) is 0 Å². The van der Waals surface area contributed by atoms with E-state index in [1.807, 2.05) is 24.7 Å². The lowest BCUT2D eigenvalue weighted by Gasteiger charge is -2.21. The zero-order valence-electron chi connectivity index (χ0n) is 11.1. The molecule has 0 spiro atoms. The fraction of sp³-hybridized carbons (Fsp3) is 0.375. The molecule has 96 valence electrons. The summed E-state index contributed by atoms with van der Waals surface area (Å²) >= 11 is 0. The lowest BCUT2D eigenvalue weighted by molar-refractivity contribution is 0.533. The average Bonchev–Trinajstić information content (AvgIpc) is 2.80. The summed E-state index contributed by atoms with van der Waals surface area (Å²) in [6.07, 6.45) is 8.67. The van der Waals surface area contributed by atoms with Gasteiger partial charge >= 0.3 is 0 Å². The van der Waals surface area contributed by atoms with E-state index in [0.29, 0.717) is 6.04 Å². The monoisotopic (exact) mass is 251 g/mol. The Hall–Kier alpha value is -2.08. The van der Waals surface area contributed by atoms with Crippen LogP contribution in [0, 0.1) is 18.3 Å². The molecule has 0 saturated heterocycles. The highest BCUT2D eigenvalue weighted by Gasteiger charge is 2.20. The largest absolute Gasteiger partial charge is 0.327 e. The first-order valence-electron chi connectivity index (χ1n) is 6.81. The van der Waals surface area contributed by atoms with Crippen molar-refractivity contribution >= 4 is 0 Å². The number of nitrogens with zero attached hydrogens (tertiary/aromatic N) is 3. The third-order valence-corrected chi connectivity index (χ3v) is 4.00. The summed E-state index contributed by atoms with van der Waals surface area (Å²) in [5.41, 5.74) is 4.58. The molecular weight excluding hydrogens is 234 g/mol. The minimum atomic E-state index is 0.368. The lowest BCUT2D eigenvalue weighted by atomic mass is 9.96. The van der Waals surface area contributed by atoms with Crippen LogP contribution in [-0.2, 0) is 6.42 Å². The highest BCUT2D eigenvalue weighted by atomic mass is 15.1. The van der Waals surface area contributed by atoms with Crippen molar-refractivity contribution in [2.45, 2.75) is 38.6 Å². The molecule has 0 bridgehead atoms. The Balaban J connectivity index is 2.05. The van der Waals surface area contributed by atoms with Crippen molar-refractivity contribution in [3.8, 4) is 6.07 Å². The van der Waals surface area contributed by atoms with Gasteiger partial charge < -0.3 is 4.57 Å². The quantitative estimate of drug-likeness (QED) is 0.779. The number of nitriles is 1. The topological polar surface area (TPSA) is 41.6 Å². The van der Waals surface area contributed by atoms with Crippen molar-refractivity contribution < 1.29 is 0 Å². The summed E-state index contributed by atoms with van der Waals surface area (Å²) in [6.45, 7) is 2.09. The van der Waals surface area contributed by atoms with Gasteiger partial charge in [0.1, 0.15) is 0 Å². The fourth-order valence-electron chi connectivity index (χ4n) is 3.01. The van der Waals surface area contributed by atoms with Gasteiger partial charge in [-0.2, -0.15) is 5.26 Å². The van der Waals surface area contributed by atoms with Crippen molar-refractivity contribution in [2.75, 3.05) is 0 Å². The number of rotatable bonds is 1. The van der Waals surface area contributed by atoms with Crippen LogP contribution in [0.15, 0.2) is 30.7 Å². The molecule has 3 rings (SSSR count). The molecule has 0 N–H and O–H groups in total. The summed E-state index contributed by atoms with van der Waals surface area (Å²) in [5.74, 6) is 0. The summed E-state index contributed by atoms with van der Waals surface area (Å²) in [5, 5.41) is 8.97. The Kier molecular flexibility index (Phi) is 3.08. The van der Waals surface area contributed by atoms with Gasteiger partial charge in [0.05, 0.1) is 24.0 Å². The number of hydrogen-bond donors (Lipinski definition) is 0. The van der Waals surface area contributed by atoms with Crippen LogP contribution in [0.2, 0.25) is 0 Å². The zero-order chi connectivity index (χ0) is 13.2. The number of hydrogen-bond acceptors (Lipinski definition) is 2. The SMILES string of the molecule is Cc1cc(C#N)ccc1C1CCCCc2cncn21. The Labute approximate surface area is 113 Å². The van der Waals surface area contributed by atoms with Crippen LogP contribution in [-0.4, -0.2) is 9.55 Å². The van der Waals surface area contributed by atoms with Gasteiger partial charge in [0.25, 0.3) is 0 Å². The molecule has 1 aromatic heterocycles. The Bertz CT molecular complexity index is 634. The van der Waals surface area contributed by atoms with Gasteiger partial charge in [-0.1, -0.05) is 12.5 Å². The zero-order valence-corrected chi connectivity index (χ0v) is 11.1. The molecule has 0 fully saturated rings. The molecule has 2 heterocycles. The predicted octanol–water partition coefficient (Wildman–Crippen LogP) is 3.38. The third kappa shape index (κ3) is 2.15. The number of aromatic nitrogens is 2. The van der Waals surface area contributed by atoms with Gasteiger partial charge in [-0.3, -0.25) is 0 Å². The highest BCUT2D eigenvalue weighted by molar-refractivity contribution is 5.39. The summed E-state index contributed by atoms with van der Waals surface area (Å²) in [4.78, 5) is 4.30. The van der Waals surface area contributed by atoms with Crippen LogP contribution in [0.3, 0.4) is 0 Å². The van der Waals surface area contributed by atoms with Gasteiger partial charge in [-0.15, -0.1) is 0 Å². The summed E-state index contributed by atoms with van der Waals surface area (Å²) in [6, 6.07) is 8.58. The maximum Gasteiger partial charge on any atom is 0.0991 e. The van der Waals surface area contributed by atoms with Crippen LogP contribution >= 0.6 is 0 Å². The van der Waals surface area contributed by atoms with Crippen molar-refractivity contribution in [1.82, 2.24) is 9.55 Å².